The van der Waals surface area contributed by atoms with Crippen LogP contribution in [0.25, 0.3) is 0 Å². The first-order chi connectivity index (χ1) is 9.79. The summed E-state index contributed by atoms with van der Waals surface area (Å²) in [5.41, 5.74) is 0. The maximum absolute atomic E-state index is 6.16. The van der Waals surface area contributed by atoms with Crippen LogP contribution in [0.15, 0.2) is 0 Å². The molecule has 1 spiro atoms. The molecule has 4 heteroatoms. The molecule has 1 saturated heterocycles. The Morgan fingerprint density at radius 1 is 1.15 bits per heavy atom. The lowest BCUT2D eigenvalue weighted by Crippen LogP contribution is -2.52. The highest BCUT2D eigenvalue weighted by molar-refractivity contribution is 4.92. The maximum Gasteiger partial charge on any atom is 0.171 e. The van der Waals surface area contributed by atoms with Gasteiger partial charge in [-0.2, -0.15) is 0 Å². The van der Waals surface area contributed by atoms with Gasteiger partial charge in [0.15, 0.2) is 5.79 Å². The van der Waals surface area contributed by atoms with Gasteiger partial charge in [0.05, 0.1) is 19.3 Å². The zero-order valence-electron chi connectivity index (χ0n) is 13.2. The van der Waals surface area contributed by atoms with Crippen LogP contribution in [0, 0.1) is 0 Å². The van der Waals surface area contributed by atoms with Gasteiger partial charge in [-0.25, -0.2) is 0 Å². The van der Waals surface area contributed by atoms with Crippen molar-refractivity contribution < 1.29 is 14.2 Å². The maximum atomic E-state index is 6.16. The molecule has 0 aromatic carbocycles. The Balaban J connectivity index is 1.79. The van der Waals surface area contributed by atoms with Gasteiger partial charge >= 0.3 is 0 Å². The fourth-order valence-corrected chi connectivity index (χ4v) is 3.31. The Kier molecular flexibility index (Phi) is 6.75. The molecular formula is C16H31NO3. The van der Waals surface area contributed by atoms with Gasteiger partial charge in [-0.05, 0) is 19.4 Å². The largest absolute Gasteiger partial charge is 0.376 e. The molecule has 1 aliphatic carbocycles. The van der Waals surface area contributed by atoms with Gasteiger partial charge < -0.3 is 19.5 Å². The number of hydrogen-bond acceptors (Lipinski definition) is 4. The Hall–Kier alpha value is -0.160. The number of hydrogen-bond donors (Lipinski definition) is 1. The minimum absolute atomic E-state index is 0.225. The minimum atomic E-state index is -0.347. The van der Waals surface area contributed by atoms with E-state index in [1.165, 1.54) is 19.3 Å². The summed E-state index contributed by atoms with van der Waals surface area (Å²) in [6.45, 7) is 7.72. The van der Waals surface area contributed by atoms with Crippen molar-refractivity contribution in [2.24, 2.45) is 0 Å². The zero-order valence-corrected chi connectivity index (χ0v) is 13.2. The van der Waals surface area contributed by atoms with Crippen molar-refractivity contribution >= 4 is 0 Å². The van der Waals surface area contributed by atoms with Crippen LogP contribution in [0.2, 0.25) is 0 Å². The smallest absolute Gasteiger partial charge is 0.171 e. The lowest BCUT2D eigenvalue weighted by molar-refractivity contribution is -0.207. The third-order valence-corrected chi connectivity index (χ3v) is 4.41. The van der Waals surface area contributed by atoms with Gasteiger partial charge in [-0.1, -0.05) is 33.1 Å². The number of unbranched alkanes of at least 4 members (excludes halogenated alkanes) is 3. The van der Waals surface area contributed by atoms with Crippen LogP contribution in [0.5, 0.6) is 0 Å². The molecule has 118 valence electrons. The molecule has 1 N–H and O–H groups in total. The van der Waals surface area contributed by atoms with Crippen LogP contribution in [0.1, 0.15) is 58.8 Å². The fraction of sp³-hybridized carbons (Fsp3) is 1.00. The molecular weight excluding hydrogens is 254 g/mol. The quantitative estimate of drug-likeness (QED) is 0.696. The second-order valence-corrected chi connectivity index (χ2v) is 5.98. The molecule has 2 aliphatic rings. The number of likely N-dealkylation sites (N-methyl/N-ethyl adjacent to an activating group) is 1. The third-order valence-electron chi connectivity index (χ3n) is 4.41. The van der Waals surface area contributed by atoms with Gasteiger partial charge in [0, 0.05) is 25.5 Å². The van der Waals surface area contributed by atoms with E-state index >= 15 is 0 Å². The monoisotopic (exact) mass is 285 g/mol. The normalized spacial score (nSPS) is 29.1. The van der Waals surface area contributed by atoms with E-state index in [0.717, 1.165) is 52.0 Å². The number of nitrogens with one attached hydrogen (secondary N) is 1. The Labute approximate surface area is 123 Å². The minimum Gasteiger partial charge on any atom is -0.376 e. The van der Waals surface area contributed by atoms with Gasteiger partial charge in [0.1, 0.15) is 0 Å². The first-order valence-electron chi connectivity index (χ1n) is 8.42. The molecule has 20 heavy (non-hydrogen) atoms. The van der Waals surface area contributed by atoms with Crippen LogP contribution in [0.4, 0.5) is 0 Å². The molecule has 2 rings (SSSR count). The highest BCUT2D eigenvalue weighted by atomic mass is 16.7. The van der Waals surface area contributed by atoms with Crippen molar-refractivity contribution in [3.8, 4) is 0 Å². The van der Waals surface area contributed by atoms with E-state index in [2.05, 4.69) is 19.2 Å². The summed E-state index contributed by atoms with van der Waals surface area (Å²) < 4.78 is 17.9. The second kappa shape index (κ2) is 8.32. The average Bonchev–Trinajstić information content (AvgIpc) is 2.90. The van der Waals surface area contributed by atoms with E-state index < -0.39 is 0 Å². The summed E-state index contributed by atoms with van der Waals surface area (Å²) in [5, 5.41) is 3.56. The summed E-state index contributed by atoms with van der Waals surface area (Å²) in [6, 6.07) is 0.449. The SMILES string of the molecule is CCCCCCOC1CC2(CCC1NCC)OCCO2. The summed E-state index contributed by atoms with van der Waals surface area (Å²) in [4.78, 5) is 0. The molecule has 1 aliphatic heterocycles. The van der Waals surface area contributed by atoms with Crippen LogP contribution < -0.4 is 5.32 Å². The number of rotatable bonds is 8. The highest BCUT2D eigenvalue weighted by Gasteiger charge is 2.45. The second-order valence-electron chi connectivity index (χ2n) is 5.98. The lowest BCUT2D eigenvalue weighted by atomic mass is 9.87. The van der Waals surface area contributed by atoms with E-state index in [1.54, 1.807) is 0 Å². The van der Waals surface area contributed by atoms with E-state index in [1.807, 2.05) is 0 Å². The van der Waals surface area contributed by atoms with Crippen LogP contribution in [0.3, 0.4) is 0 Å². The summed E-state index contributed by atoms with van der Waals surface area (Å²) in [7, 11) is 0. The molecule has 0 bridgehead atoms. The van der Waals surface area contributed by atoms with Crippen molar-refractivity contribution in [2.75, 3.05) is 26.4 Å². The molecule has 2 fully saturated rings. The first kappa shape index (κ1) is 16.2. The Morgan fingerprint density at radius 3 is 2.65 bits per heavy atom. The van der Waals surface area contributed by atoms with Gasteiger partial charge in [0.2, 0.25) is 0 Å². The van der Waals surface area contributed by atoms with Crippen molar-refractivity contribution in [3.05, 3.63) is 0 Å². The van der Waals surface area contributed by atoms with E-state index in [4.69, 9.17) is 14.2 Å². The van der Waals surface area contributed by atoms with Crippen molar-refractivity contribution in [1.29, 1.82) is 0 Å². The third kappa shape index (κ3) is 4.42. The highest BCUT2D eigenvalue weighted by Crippen LogP contribution is 2.37. The van der Waals surface area contributed by atoms with Crippen molar-refractivity contribution in [2.45, 2.75) is 76.7 Å². The van der Waals surface area contributed by atoms with E-state index in [-0.39, 0.29) is 11.9 Å². The van der Waals surface area contributed by atoms with Crippen LogP contribution in [-0.2, 0) is 14.2 Å². The summed E-state index contributed by atoms with van der Waals surface area (Å²) in [5.74, 6) is -0.347. The lowest BCUT2D eigenvalue weighted by Gasteiger charge is -2.41. The molecule has 0 amide bonds. The Morgan fingerprint density at radius 2 is 1.95 bits per heavy atom. The first-order valence-corrected chi connectivity index (χ1v) is 8.42. The van der Waals surface area contributed by atoms with E-state index in [0.29, 0.717) is 6.04 Å². The zero-order chi connectivity index (χ0) is 14.3. The molecule has 0 aromatic rings. The molecule has 1 saturated carbocycles. The van der Waals surface area contributed by atoms with Crippen molar-refractivity contribution in [3.63, 3.8) is 0 Å². The molecule has 0 radical (unpaired) electrons. The van der Waals surface area contributed by atoms with Gasteiger partial charge in [-0.15, -0.1) is 0 Å². The van der Waals surface area contributed by atoms with Gasteiger partial charge in [0.25, 0.3) is 0 Å². The van der Waals surface area contributed by atoms with Crippen LogP contribution in [-0.4, -0.2) is 44.3 Å². The summed E-state index contributed by atoms with van der Waals surface area (Å²) >= 11 is 0. The summed E-state index contributed by atoms with van der Waals surface area (Å²) in [6.07, 6.45) is 8.18. The van der Waals surface area contributed by atoms with Gasteiger partial charge in [-0.3, -0.25) is 0 Å². The van der Waals surface area contributed by atoms with Crippen LogP contribution >= 0.6 is 0 Å². The number of ether oxygens (including phenoxy) is 3. The molecule has 0 aromatic heterocycles. The molecule has 2 unspecified atom stereocenters. The predicted octanol–water partition coefficient (Wildman–Crippen LogP) is 2.86. The predicted molar refractivity (Wildman–Crippen MR) is 79.8 cm³/mol. The van der Waals surface area contributed by atoms with Crippen molar-refractivity contribution in [1.82, 2.24) is 5.32 Å². The molecule has 1 heterocycles. The molecule has 4 nitrogen and oxygen atoms in total. The fourth-order valence-electron chi connectivity index (χ4n) is 3.31. The standard InChI is InChI=1S/C16H31NO3/c1-3-5-6-7-10-18-15-13-16(19-11-12-20-16)9-8-14(15)17-4-2/h14-15,17H,3-13H2,1-2H3. The average molecular weight is 285 g/mol. The Bertz CT molecular complexity index is 266. The topological polar surface area (TPSA) is 39.7 Å². The van der Waals surface area contributed by atoms with E-state index in [9.17, 15) is 0 Å². The molecule has 2 atom stereocenters.